The zero-order valence-electron chi connectivity index (χ0n) is 15.4. The van der Waals surface area contributed by atoms with Crippen molar-refractivity contribution >= 4 is 11.6 Å². The van der Waals surface area contributed by atoms with Crippen molar-refractivity contribution in [1.29, 1.82) is 0 Å². The summed E-state index contributed by atoms with van der Waals surface area (Å²) in [6.07, 6.45) is 5.85. The molecule has 1 aliphatic carbocycles. The number of nitrogens with zero attached hydrogens (tertiary/aromatic N) is 4. The Labute approximate surface area is 153 Å². The highest BCUT2D eigenvalue weighted by molar-refractivity contribution is 5.93. The molecule has 0 atom stereocenters. The second-order valence-corrected chi connectivity index (χ2v) is 7.16. The standard InChI is InChI=1S/C21H24N4O/c1-15-13-19(16-9-5-3-6-10-16)25-20(22-15)14-18(23-25)21(26)24(2)17-11-7-4-8-12-17/h3,5-6,9-10,13-14,17H,4,7-8,11-12H2,1-2H3. The fourth-order valence-corrected chi connectivity index (χ4v) is 3.83. The number of carbonyl (C=O) groups excluding carboxylic acids is 1. The Hall–Kier alpha value is -2.69. The molecule has 1 amide bonds. The summed E-state index contributed by atoms with van der Waals surface area (Å²) in [5, 5.41) is 4.61. The van der Waals surface area contributed by atoms with E-state index in [-0.39, 0.29) is 5.91 Å². The predicted molar refractivity (Wildman–Crippen MR) is 102 cm³/mol. The lowest BCUT2D eigenvalue weighted by Crippen LogP contribution is -2.38. The van der Waals surface area contributed by atoms with E-state index in [2.05, 4.69) is 10.1 Å². The number of amides is 1. The zero-order chi connectivity index (χ0) is 18.1. The summed E-state index contributed by atoms with van der Waals surface area (Å²) in [5.41, 5.74) is 4.10. The van der Waals surface area contributed by atoms with E-state index in [1.807, 2.05) is 55.3 Å². The van der Waals surface area contributed by atoms with Gasteiger partial charge in [0.25, 0.3) is 5.91 Å². The van der Waals surface area contributed by atoms with Gasteiger partial charge in [0.1, 0.15) is 0 Å². The van der Waals surface area contributed by atoms with Gasteiger partial charge in [-0.15, -0.1) is 0 Å². The fraction of sp³-hybridized carbons (Fsp3) is 0.381. The zero-order valence-corrected chi connectivity index (χ0v) is 15.4. The first-order valence-corrected chi connectivity index (χ1v) is 9.33. The van der Waals surface area contributed by atoms with Crippen molar-refractivity contribution < 1.29 is 4.79 Å². The molecule has 1 aromatic carbocycles. The third kappa shape index (κ3) is 3.09. The van der Waals surface area contributed by atoms with Gasteiger partial charge in [0.05, 0.1) is 5.69 Å². The number of fused-ring (bicyclic) bond motifs is 1. The Morgan fingerprint density at radius 1 is 1.12 bits per heavy atom. The summed E-state index contributed by atoms with van der Waals surface area (Å²) in [4.78, 5) is 19.4. The molecule has 0 unspecified atom stereocenters. The molecule has 1 aliphatic rings. The lowest BCUT2D eigenvalue weighted by atomic mass is 9.94. The van der Waals surface area contributed by atoms with Crippen molar-refractivity contribution in [3.05, 3.63) is 53.9 Å². The maximum atomic E-state index is 13.0. The summed E-state index contributed by atoms with van der Waals surface area (Å²) in [6, 6.07) is 14.2. The van der Waals surface area contributed by atoms with Crippen molar-refractivity contribution in [2.45, 2.75) is 45.1 Å². The van der Waals surface area contributed by atoms with Crippen LogP contribution < -0.4 is 0 Å². The van der Waals surface area contributed by atoms with Gasteiger partial charge in [-0.1, -0.05) is 49.6 Å². The van der Waals surface area contributed by atoms with Crippen LogP contribution in [0.3, 0.4) is 0 Å². The van der Waals surface area contributed by atoms with Gasteiger partial charge in [0.2, 0.25) is 0 Å². The molecule has 5 nitrogen and oxygen atoms in total. The van der Waals surface area contributed by atoms with E-state index < -0.39 is 0 Å². The van der Waals surface area contributed by atoms with Crippen LogP contribution in [-0.2, 0) is 0 Å². The Morgan fingerprint density at radius 3 is 2.58 bits per heavy atom. The SMILES string of the molecule is Cc1cc(-c2ccccc2)n2nc(C(=O)N(C)C3CCCCC3)cc2n1. The second kappa shape index (κ2) is 6.90. The molecule has 1 saturated carbocycles. The first kappa shape index (κ1) is 16.8. The summed E-state index contributed by atoms with van der Waals surface area (Å²) in [5.74, 6) is -0.0148. The van der Waals surface area contributed by atoms with E-state index in [9.17, 15) is 4.79 Å². The van der Waals surface area contributed by atoms with Crippen LogP contribution in [-0.4, -0.2) is 38.5 Å². The molecular formula is C21H24N4O. The molecule has 2 heterocycles. The topological polar surface area (TPSA) is 50.5 Å². The van der Waals surface area contributed by atoms with Crippen LogP contribution in [0.2, 0.25) is 0 Å². The van der Waals surface area contributed by atoms with Crippen LogP contribution >= 0.6 is 0 Å². The van der Waals surface area contributed by atoms with Crippen LogP contribution in [0.4, 0.5) is 0 Å². The van der Waals surface area contributed by atoms with Crippen LogP contribution in [0.1, 0.15) is 48.3 Å². The van der Waals surface area contributed by atoms with Gasteiger partial charge < -0.3 is 4.90 Å². The highest BCUT2D eigenvalue weighted by Crippen LogP contribution is 2.24. The third-order valence-corrected chi connectivity index (χ3v) is 5.29. The minimum atomic E-state index is -0.0148. The molecule has 0 saturated heterocycles. The van der Waals surface area contributed by atoms with E-state index in [1.54, 1.807) is 10.6 Å². The maximum absolute atomic E-state index is 13.0. The quantitative estimate of drug-likeness (QED) is 0.716. The lowest BCUT2D eigenvalue weighted by Gasteiger charge is -2.30. The lowest BCUT2D eigenvalue weighted by molar-refractivity contribution is 0.0690. The van der Waals surface area contributed by atoms with E-state index in [1.165, 1.54) is 19.3 Å². The van der Waals surface area contributed by atoms with Gasteiger partial charge in [-0.2, -0.15) is 5.10 Å². The molecule has 26 heavy (non-hydrogen) atoms. The smallest absolute Gasteiger partial charge is 0.274 e. The molecule has 0 bridgehead atoms. The van der Waals surface area contributed by atoms with Crippen LogP contribution in [0, 0.1) is 6.92 Å². The second-order valence-electron chi connectivity index (χ2n) is 7.16. The fourth-order valence-electron chi connectivity index (χ4n) is 3.83. The number of hydrogen-bond donors (Lipinski definition) is 0. The molecule has 0 aliphatic heterocycles. The van der Waals surface area contributed by atoms with E-state index >= 15 is 0 Å². The first-order chi connectivity index (χ1) is 12.6. The minimum absolute atomic E-state index is 0.0148. The number of hydrogen-bond acceptors (Lipinski definition) is 3. The third-order valence-electron chi connectivity index (χ3n) is 5.29. The normalized spacial score (nSPS) is 15.3. The van der Waals surface area contributed by atoms with Crippen LogP contribution in [0.15, 0.2) is 42.5 Å². The van der Waals surface area contributed by atoms with Crippen LogP contribution in [0.25, 0.3) is 16.9 Å². The molecule has 0 spiro atoms. The highest BCUT2D eigenvalue weighted by atomic mass is 16.2. The molecular weight excluding hydrogens is 324 g/mol. The number of carbonyl (C=O) groups is 1. The van der Waals surface area contributed by atoms with Gasteiger partial charge in [-0.05, 0) is 25.8 Å². The van der Waals surface area contributed by atoms with E-state index in [0.717, 1.165) is 29.8 Å². The predicted octanol–water partition coefficient (Wildman–Crippen LogP) is 4.11. The Kier molecular flexibility index (Phi) is 4.45. The van der Waals surface area contributed by atoms with Gasteiger partial charge in [-0.25, -0.2) is 9.50 Å². The molecule has 3 aromatic rings. The average Bonchev–Trinajstić information content (AvgIpc) is 3.11. The van der Waals surface area contributed by atoms with Crippen molar-refractivity contribution in [1.82, 2.24) is 19.5 Å². The van der Waals surface area contributed by atoms with Crippen LogP contribution in [0.5, 0.6) is 0 Å². The van der Waals surface area contributed by atoms with E-state index in [0.29, 0.717) is 17.4 Å². The number of benzene rings is 1. The average molecular weight is 348 g/mol. The molecule has 0 N–H and O–H groups in total. The molecule has 5 heteroatoms. The van der Waals surface area contributed by atoms with Gasteiger partial charge >= 0.3 is 0 Å². The monoisotopic (exact) mass is 348 g/mol. The number of aryl methyl sites for hydroxylation is 1. The van der Waals surface area contributed by atoms with Crippen molar-refractivity contribution in [2.75, 3.05) is 7.05 Å². The minimum Gasteiger partial charge on any atom is -0.337 e. The molecule has 1 fully saturated rings. The summed E-state index contributed by atoms with van der Waals surface area (Å²) in [7, 11) is 1.90. The molecule has 2 aromatic heterocycles. The largest absolute Gasteiger partial charge is 0.337 e. The van der Waals surface area contributed by atoms with Gasteiger partial charge in [0, 0.05) is 30.4 Å². The number of aromatic nitrogens is 3. The Bertz CT molecular complexity index is 926. The van der Waals surface area contributed by atoms with Crippen molar-refractivity contribution in [3.8, 4) is 11.3 Å². The summed E-state index contributed by atoms with van der Waals surface area (Å²) >= 11 is 0. The highest BCUT2D eigenvalue weighted by Gasteiger charge is 2.25. The maximum Gasteiger partial charge on any atom is 0.274 e. The summed E-state index contributed by atoms with van der Waals surface area (Å²) < 4.78 is 1.78. The van der Waals surface area contributed by atoms with Crippen molar-refractivity contribution in [3.63, 3.8) is 0 Å². The Morgan fingerprint density at radius 2 is 1.85 bits per heavy atom. The Balaban J connectivity index is 1.72. The van der Waals surface area contributed by atoms with Gasteiger partial charge in [0.15, 0.2) is 11.3 Å². The molecule has 4 rings (SSSR count). The molecule has 134 valence electrons. The first-order valence-electron chi connectivity index (χ1n) is 9.33. The van der Waals surface area contributed by atoms with Crippen molar-refractivity contribution in [2.24, 2.45) is 0 Å². The summed E-state index contributed by atoms with van der Waals surface area (Å²) in [6.45, 7) is 1.97. The number of rotatable bonds is 3. The molecule has 0 radical (unpaired) electrons. The van der Waals surface area contributed by atoms with Gasteiger partial charge in [-0.3, -0.25) is 4.79 Å². The van der Waals surface area contributed by atoms with E-state index in [4.69, 9.17) is 0 Å².